The molecule has 4 nitrogen and oxygen atoms in total. The third-order valence-electron chi connectivity index (χ3n) is 5.63. The number of benzene rings is 1. The number of likely N-dealkylation sites (tertiary alicyclic amines) is 1. The van der Waals surface area contributed by atoms with Gasteiger partial charge in [-0.2, -0.15) is 0 Å². The number of rotatable bonds is 6. The summed E-state index contributed by atoms with van der Waals surface area (Å²) >= 11 is 0. The van der Waals surface area contributed by atoms with Crippen LogP contribution < -0.4 is 10.5 Å². The molecule has 0 atom stereocenters. The van der Waals surface area contributed by atoms with E-state index in [2.05, 4.69) is 42.8 Å². The lowest BCUT2D eigenvalue weighted by atomic mass is 9.84. The van der Waals surface area contributed by atoms with Crippen molar-refractivity contribution in [3.05, 3.63) is 41.5 Å². The Morgan fingerprint density at radius 2 is 2.04 bits per heavy atom. The topological polar surface area (TPSA) is 51.4 Å². The van der Waals surface area contributed by atoms with Crippen molar-refractivity contribution in [2.45, 2.75) is 46.5 Å². The van der Waals surface area contributed by atoms with Crippen LogP contribution in [0.2, 0.25) is 0 Å². The van der Waals surface area contributed by atoms with Gasteiger partial charge >= 0.3 is 0 Å². The number of aromatic nitrogens is 1. The molecule has 2 aromatic rings. The minimum Gasteiger partial charge on any atom is -0.496 e. The number of nitrogens with zero attached hydrogens (tertiary/aromatic N) is 2. The molecule has 0 saturated carbocycles. The summed E-state index contributed by atoms with van der Waals surface area (Å²) < 4.78 is 5.71. The second-order valence-electron chi connectivity index (χ2n) is 8.42. The lowest BCUT2D eigenvalue weighted by Gasteiger charge is -2.38. The maximum atomic E-state index is 5.88. The van der Waals surface area contributed by atoms with Crippen molar-refractivity contribution < 1.29 is 4.74 Å². The molecule has 0 aliphatic carbocycles. The number of piperidine rings is 1. The molecule has 0 radical (unpaired) electrons. The molecule has 3 rings (SSSR count). The zero-order valence-corrected chi connectivity index (χ0v) is 17.2. The Labute approximate surface area is 163 Å². The number of ether oxygens (including phenoxy) is 1. The fourth-order valence-electron chi connectivity index (χ4n) is 4.21. The van der Waals surface area contributed by atoms with Gasteiger partial charge in [-0.1, -0.05) is 26.8 Å². The Bertz CT molecular complexity index is 785. The van der Waals surface area contributed by atoms with Crippen molar-refractivity contribution >= 4 is 5.82 Å². The van der Waals surface area contributed by atoms with Gasteiger partial charge in [-0.3, -0.25) is 0 Å². The van der Waals surface area contributed by atoms with Gasteiger partial charge in [-0.25, -0.2) is 4.98 Å². The molecule has 1 aromatic carbocycles. The van der Waals surface area contributed by atoms with E-state index < -0.39 is 0 Å². The van der Waals surface area contributed by atoms with E-state index in [0.717, 1.165) is 36.4 Å². The first-order valence-electron chi connectivity index (χ1n) is 10.1. The van der Waals surface area contributed by atoms with Crippen molar-refractivity contribution in [1.82, 2.24) is 9.88 Å². The molecule has 1 saturated heterocycles. The maximum absolute atomic E-state index is 5.88. The second-order valence-corrected chi connectivity index (χ2v) is 8.42. The molecule has 0 unspecified atom stereocenters. The van der Waals surface area contributed by atoms with E-state index in [1.807, 2.05) is 18.2 Å². The van der Waals surface area contributed by atoms with Gasteiger partial charge in [0.1, 0.15) is 11.6 Å². The molecule has 2 heterocycles. The molecular weight excluding hydrogens is 334 g/mol. The molecule has 146 valence electrons. The predicted molar refractivity (Wildman–Crippen MR) is 113 cm³/mol. The molecule has 1 aliphatic heterocycles. The van der Waals surface area contributed by atoms with Gasteiger partial charge in [0, 0.05) is 18.7 Å². The van der Waals surface area contributed by atoms with Crippen LogP contribution in [0.4, 0.5) is 5.82 Å². The highest BCUT2D eigenvalue weighted by Crippen LogP contribution is 2.33. The average Bonchev–Trinajstić information content (AvgIpc) is 2.65. The Morgan fingerprint density at radius 1 is 1.22 bits per heavy atom. The number of methoxy groups -OCH3 is 1. The number of nitrogen functional groups attached to an aromatic ring is 1. The number of hydrogen-bond donors (Lipinski definition) is 1. The number of aryl methyl sites for hydroxylation is 1. The Hall–Kier alpha value is -2.07. The lowest BCUT2D eigenvalue weighted by Crippen LogP contribution is -2.41. The van der Waals surface area contributed by atoms with E-state index in [-0.39, 0.29) is 0 Å². The van der Waals surface area contributed by atoms with E-state index in [4.69, 9.17) is 10.5 Å². The Balaban J connectivity index is 1.83. The lowest BCUT2D eigenvalue weighted by molar-refractivity contribution is 0.119. The van der Waals surface area contributed by atoms with Crippen LogP contribution in [-0.2, 0) is 12.8 Å². The molecule has 0 spiro atoms. The van der Waals surface area contributed by atoms with Crippen LogP contribution in [0.15, 0.2) is 30.3 Å². The maximum Gasteiger partial charge on any atom is 0.128 e. The highest BCUT2D eigenvalue weighted by molar-refractivity contribution is 5.70. The van der Waals surface area contributed by atoms with Crippen molar-refractivity contribution in [2.24, 2.45) is 5.41 Å². The third kappa shape index (κ3) is 4.81. The van der Waals surface area contributed by atoms with Crippen molar-refractivity contribution in [3.63, 3.8) is 0 Å². The first kappa shape index (κ1) is 19.7. The zero-order valence-electron chi connectivity index (χ0n) is 17.2. The summed E-state index contributed by atoms with van der Waals surface area (Å²) in [5.41, 5.74) is 11.0. The molecule has 1 aromatic heterocycles. The Kier molecular flexibility index (Phi) is 6.05. The summed E-state index contributed by atoms with van der Waals surface area (Å²) in [6, 6.07) is 10.2. The number of nitrogens with two attached hydrogens (primary N) is 1. The van der Waals surface area contributed by atoms with Crippen LogP contribution in [0.3, 0.4) is 0 Å². The zero-order chi connectivity index (χ0) is 19.4. The fourth-order valence-corrected chi connectivity index (χ4v) is 4.21. The van der Waals surface area contributed by atoms with Gasteiger partial charge in [0.15, 0.2) is 0 Å². The predicted octanol–water partition coefficient (Wildman–Crippen LogP) is 4.57. The van der Waals surface area contributed by atoms with Gasteiger partial charge in [0.2, 0.25) is 0 Å². The largest absolute Gasteiger partial charge is 0.496 e. The van der Waals surface area contributed by atoms with E-state index in [0.29, 0.717) is 11.2 Å². The standard InChI is InChI=1S/C23H33N3O/c1-5-17-14-19(20-8-6-9-22(24)25-20)21(27-4)15-18(17)10-13-26-12-7-11-23(2,3)16-26/h6,8-9,14-15H,5,7,10-13,16H2,1-4H3,(H2,24,25). The molecule has 27 heavy (non-hydrogen) atoms. The highest BCUT2D eigenvalue weighted by atomic mass is 16.5. The van der Waals surface area contributed by atoms with Gasteiger partial charge in [-0.15, -0.1) is 0 Å². The number of pyridine rings is 1. The molecule has 2 N–H and O–H groups in total. The van der Waals surface area contributed by atoms with Crippen LogP contribution in [0.5, 0.6) is 5.75 Å². The van der Waals surface area contributed by atoms with Gasteiger partial charge in [-0.05, 0) is 73.0 Å². The summed E-state index contributed by atoms with van der Waals surface area (Å²) in [4.78, 5) is 7.10. The van der Waals surface area contributed by atoms with Crippen LogP contribution in [-0.4, -0.2) is 36.6 Å². The monoisotopic (exact) mass is 367 g/mol. The molecule has 4 heteroatoms. The highest BCUT2D eigenvalue weighted by Gasteiger charge is 2.26. The van der Waals surface area contributed by atoms with E-state index in [9.17, 15) is 0 Å². The van der Waals surface area contributed by atoms with Crippen molar-refractivity contribution in [1.29, 1.82) is 0 Å². The van der Waals surface area contributed by atoms with Crippen LogP contribution >= 0.6 is 0 Å². The summed E-state index contributed by atoms with van der Waals surface area (Å²) in [5, 5.41) is 0. The van der Waals surface area contributed by atoms with Gasteiger partial charge in [0.25, 0.3) is 0 Å². The van der Waals surface area contributed by atoms with Crippen LogP contribution in [0.25, 0.3) is 11.3 Å². The summed E-state index contributed by atoms with van der Waals surface area (Å²) in [6.07, 6.45) is 4.69. The quantitative estimate of drug-likeness (QED) is 0.813. The smallest absolute Gasteiger partial charge is 0.128 e. The molecular formula is C23H33N3O. The van der Waals surface area contributed by atoms with Crippen LogP contribution in [0, 0.1) is 5.41 Å². The normalized spacial score (nSPS) is 17.0. The minimum absolute atomic E-state index is 0.437. The molecule has 0 amide bonds. The SMILES string of the molecule is CCc1cc(-c2cccc(N)n2)c(OC)cc1CCN1CCCC(C)(C)C1. The summed E-state index contributed by atoms with van der Waals surface area (Å²) in [7, 11) is 1.73. The Morgan fingerprint density at radius 3 is 2.70 bits per heavy atom. The molecule has 1 aliphatic rings. The average molecular weight is 368 g/mol. The summed E-state index contributed by atoms with van der Waals surface area (Å²) in [6.45, 7) is 10.5. The minimum atomic E-state index is 0.437. The molecule has 1 fully saturated rings. The van der Waals surface area contributed by atoms with Gasteiger partial charge < -0.3 is 15.4 Å². The summed E-state index contributed by atoms with van der Waals surface area (Å²) in [5.74, 6) is 1.41. The third-order valence-corrected chi connectivity index (χ3v) is 5.63. The second kappa shape index (κ2) is 8.30. The molecule has 0 bridgehead atoms. The first-order valence-corrected chi connectivity index (χ1v) is 10.1. The van der Waals surface area contributed by atoms with Crippen molar-refractivity contribution in [2.75, 3.05) is 32.5 Å². The number of anilines is 1. The van der Waals surface area contributed by atoms with Crippen LogP contribution in [0.1, 0.15) is 44.7 Å². The number of hydrogen-bond acceptors (Lipinski definition) is 4. The van der Waals surface area contributed by atoms with E-state index >= 15 is 0 Å². The van der Waals surface area contributed by atoms with E-state index in [1.54, 1.807) is 7.11 Å². The van der Waals surface area contributed by atoms with Crippen molar-refractivity contribution in [3.8, 4) is 17.0 Å². The van der Waals surface area contributed by atoms with E-state index in [1.165, 1.54) is 37.1 Å². The fraction of sp³-hybridized carbons (Fsp3) is 0.522. The van der Waals surface area contributed by atoms with Gasteiger partial charge in [0.05, 0.1) is 12.8 Å². The first-order chi connectivity index (χ1) is 12.9.